The van der Waals surface area contributed by atoms with Gasteiger partial charge in [0.1, 0.15) is 5.00 Å². The van der Waals surface area contributed by atoms with Crippen molar-refractivity contribution in [2.24, 2.45) is 11.7 Å². The zero-order valence-corrected chi connectivity index (χ0v) is 17.8. The Morgan fingerprint density at radius 1 is 1.07 bits per heavy atom. The lowest BCUT2D eigenvalue weighted by Gasteiger charge is -2.29. The van der Waals surface area contributed by atoms with Gasteiger partial charge in [0.25, 0.3) is 0 Å². The third-order valence-corrected chi connectivity index (χ3v) is 7.25. The molecule has 0 saturated carbocycles. The number of nitrogens with one attached hydrogen (secondary N) is 1. The number of carbonyl (C=O) groups excluding carboxylic acids is 3. The number of piperidine rings is 1. The van der Waals surface area contributed by atoms with Crippen LogP contribution in [0.15, 0.2) is 30.3 Å². The first-order valence-electron chi connectivity index (χ1n) is 10.6. The Morgan fingerprint density at radius 2 is 1.77 bits per heavy atom. The number of ketones is 1. The summed E-state index contributed by atoms with van der Waals surface area (Å²) in [4.78, 5) is 40.6. The number of anilines is 1. The van der Waals surface area contributed by atoms with E-state index in [4.69, 9.17) is 5.73 Å². The molecule has 7 heteroatoms. The van der Waals surface area contributed by atoms with E-state index in [1.807, 2.05) is 35.2 Å². The van der Waals surface area contributed by atoms with Crippen molar-refractivity contribution in [3.63, 3.8) is 0 Å². The number of likely N-dealkylation sites (tertiary alicyclic amines) is 1. The fourth-order valence-corrected chi connectivity index (χ4v) is 5.68. The summed E-state index contributed by atoms with van der Waals surface area (Å²) >= 11 is 1.55. The van der Waals surface area contributed by atoms with Gasteiger partial charge < -0.3 is 11.1 Å². The average molecular weight is 426 g/mol. The van der Waals surface area contributed by atoms with Crippen LogP contribution < -0.4 is 11.1 Å². The summed E-state index contributed by atoms with van der Waals surface area (Å²) in [5.74, 6) is -0.489. The lowest BCUT2D eigenvalue weighted by Crippen LogP contribution is -2.42. The van der Waals surface area contributed by atoms with Gasteiger partial charge >= 0.3 is 0 Å². The van der Waals surface area contributed by atoms with E-state index in [0.29, 0.717) is 42.1 Å². The van der Waals surface area contributed by atoms with E-state index in [0.717, 1.165) is 31.2 Å². The van der Waals surface area contributed by atoms with Crippen molar-refractivity contribution in [1.82, 2.24) is 4.90 Å². The molecule has 0 atom stereocenters. The van der Waals surface area contributed by atoms with Crippen LogP contribution in [0.5, 0.6) is 0 Å². The smallest absolute Gasteiger partial charge is 0.239 e. The Labute approximate surface area is 180 Å². The maximum atomic E-state index is 13.3. The quantitative estimate of drug-likeness (QED) is 0.696. The third kappa shape index (κ3) is 4.47. The van der Waals surface area contributed by atoms with Crippen LogP contribution in [0.2, 0.25) is 0 Å². The number of nitrogens with two attached hydrogens (primary N) is 1. The predicted octanol–water partition coefficient (Wildman–Crippen LogP) is 2.99. The van der Waals surface area contributed by atoms with Crippen LogP contribution in [0, 0.1) is 5.92 Å². The Bertz CT molecular complexity index is 946. The van der Waals surface area contributed by atoms with Crippen LogP contribution in [0.25, 0.3) is 0 Å². The van der Waals surface area contributed by atoms with Gasteiger partial charge in [-0.25, -0.2) is 0 Å². The average Bonchev–Trinajstić information content (AvgIpc) is 3.11. The van der Waals surface area contributed by atoms with E-state index < -0.39 is 0 Å². The van der Waals surface area contributed by atoms with E-state index in [-0.39, 0.29) is 30.1 Å². The summed E-state index contributed by atoms with van der Waals surface area (Å²) in [6, 6.07) is 9.26. The summed E-state index contributed by atoms with van der Waals surface area (Å²) in [5.41, 5.74) is 7.81. The van der Waals surface area contributed by atoms with Gasteiger partial charge in [0.2, 0.25) is 11.8 Å². The van der Waals surface area contributed by atoms with Gasteiger partial charge in [0, 0.05) is 16.4 Å². The molecule has 158 valence electrons. The van der Waals surface area contributed by atoms with Gasteiger partial charge in [-0.05, 0) is 57.2 Å². The highest BCUT2D eigenvalue weighted by atomic mass is 32.1. The molecule has 1 fully saturated rings. The first kappa shape index (κ1) is 20.8. The minimum absolute atomic E-state index is 0.0208. The van der Waals surface area contributed by atoms with Crippen LogP contribution in [0.4, 0.5) is 5.00 Å². The third-order valence-electron chi connectivity index (χ3n) is 6.04. The number of primary amides is 1. The van der Waals surface area contributed by atoms with Crippen molar-refractivity contribution in [3.05, 3.63) is 51.9 Å². The van der Waals surface area contributed by atoms with Gasteiger partial charge in [-0.1, -0.05) is 30.3 Å². The Balaban J connectivity index is 1.50. The van der Waals surface area contributed by atoms with Crippen LogP contribution in [0.3, 0.4) is 0 Å². The van der Waals surface area contributed by atoms with Crippen molar-refractivity contribution in [3.8, 4) is 0 Å². The number of fused-ring (bicyclic) bond motifs is 1. The molecule has 0 unspecified atom stereocenters. The molecule has 3 N–H and O–H groups in total. The first-order valence-corrected chi connectivity index (χ1v) is 11.4. The second-order valence-corrected chi connectivity index (χ2v) is 9.22. The number of hydrogen-bond acceptors (Lipinski definition) is 5. The summed E-state index contributed by atoms with van der Waals surface area (Å²) in [5, 5.41) is 3.70. The monoisotopic (exact) mass is 425 g/mol. The zero-order chi connectivity index (χ0) is 21.1. The highest BCUT2D eigenvalue weighted by molar-refractivity contribution is 7.17. The topological polar surface area (TPSA) is 92.5 Å². The lowest BCUT2D eigenvalue weighted by atomic mass is 9.92. The van der Waals surface area contributed by atoms with Gasteiger partial charge in [-0.3, -0.25) is 19.3 Å². The van der Waals surface area contributed by atoms with E-state index in [9.17, 15) is 14.4 Å². The first-order chi connectivity index (χ1) is 14.5. The largest absolute Gasteiger partial charge is 0.369 e. The highest BCUT2D eigenvalue weighted by Gasteiger charge is 2.28. The van der Waals surface area contributed by atoms with Crippen molar-refractivity contribution >= 4 is 33.9 Å². The fourth-order valence-electron chi connectivity index (χ4n) is 4.37. The molecular formula is C23H27N3O3S. The number of nitrogens with zero attached hydrogens (tertiary/aromatic N) is 1. The molecule has 2 heterocycles. The standard InChI is InChI=1S/C23H27N3O3S/c24-22(29)16-10-12-26(13-11-16)14-19(27)25-23-20(17-8-4-5-9-18(17)30-23)21(28)15-6-2-1-3-7-15/h1-3,6-7,16H,4-5,8-14H2,(H2,24,29)(H,25,27). The maximum absolute atomic E-state index is 13.3. The molecule has 0 spiro atoms. The van der Waals surface area contributed by atoms with Crippen molar-refractivity contribution in [2.45, 2.75) is 38.5 Å². The molecule has 1 aliphatic heterocycles. The summed E-state index contributed by atoms with van der Waals surface area (Å²) < 4.78 is 0. The maximum Gasteiger partial charge on any atom is 0.239 e. The number of amides is 2. The molecule has 2 aliphatic rings. The molecule has 30 heavy (non-hydrogen) atoms. The molecule has 0 bridgehead atoms. The highest BCUT2D eigenvalue weighted by Crippen LogP contribution is 2.39. The predicted molar refractivity (Wildman–Crippen MR) is 118 cm³/mol. The molecule has 1 aromatic heterocycles. The Kier molecular flexibility index (Phi) is 6.29. The molecule has 4 rings (SSSR count). The molecule has 2 aromatic rings. The summed E-state index contributed by atoms with van der Waals surface area (Å²) in [6.07, 6.45) is 5.42. The Hall–Kier alpha value is -2.51. The minimum atomic E-state index is -0.257. The second kappa shape index (κ2) is 9.10. The molecule has 1 aliphatic carbocycles. The summed E-state index contributed by atoms with van der Waals surface area (Å²) in [6.45, 7) is 1.61. The van der Waals surface area contributed by atoms with E-state index in [1.54, 1.807) is 11.3 Å². The molecule has 2 amide bonds. The number of aryl methyl sites for hydroxylation is 1. The van der Waals surface area contributed by atoms with Crippen LogP contribution in [0.1, 0.15) is 52.0 Å². The van der Waals surface area contributed by atoms with Crippen molar-refractivity contribution in [1.29, 1.82) is 0 Å². The van der Waals surface area contributed by atoms with Gasteiger partial charge in [-0.2, -0.15) is 0 Å². The second-order valence-electron chi connectivity index (χ2n) is 8.11. The van der Waals surface area contributed by atoms with Crippen LogP contribution in [-0.2, 0) is 22.4 Å². The minimum Gasteiger partial charge on any atom is -0.369 e. The van der Waals surface area contributed by atoms with Crippen molar-refractivity contribution < 1.29 is 14.4 Å². The normalized spacial score (nSPS) is 17.3. The Morgan fingerprint density at radius 3 is 2.47 bits per heavy atom. The zero-order valence-electron chi connectivity index (χ0n) is 17.0. The van der Waals surface area contributed by atoms with Gasteiger partial charge in [-0.15, -0.1) is 11.3 Å². The number of thiophene rings is 1. The van der Waals surface area contributed by atoms with Crippen LogP contribution in [-0.4, -0.2) is 42.1 Å². The molecule has 0 radical (unpaired) electrons. The number of hydrogen-bond donors (Lipinski definition) is 2. The number of rotatable bonds is 6. The fraction of sp³-hybridized carbons (Fsp3) is 0.435. The van der Waals surface area contributed by atoms with E-state index >= 15 is 0 Å². The SMILES string of the molecule is NC(=O)C1CCN(CC(=O)Nc2sc3c(c2C(=O)c2ccccc2)CCCC3)CC1. The van der Waals surface area contributed by atoms with Crippen LogP contribution >= 0.6 is 11.3 Å². The molecular weight excluding hydrogens is 398 g/mol. The van der Waals surface area contributed by atoms with E-state index in [1.165, 1.54) is 4.88 Å². The molecule has 1 aromatic carbocycles. The number of carbonyl (C=O) groups is 3. The molecule has 6 nitrogen and oxygen atoms in total. The lowest BCUT2D eigenvalue weighted by molar-refractivity contribution is -0.123. The van der Waals surface area contributed by atoms with Crippen molar-refractivity contribution in [2.75, 3.05) is 25.0 Å². The molecule has 1 saturated heterocycles. The summed E-state index contributed by atoms with van der Waals surface area (Å²) in [7, 11) is 0. The van der Waals surface area contributed by atoms with Gasteiger partial charge in [0.15, 0.2) is 5.78 Å². The van der Waals surface area contributed by atoms with E-state index in [2.05, 4.69) is 5.32 Å². The number of benzene rings is 1. The van der Waals surface area contributed by atoms with Gasteiger partial charge in [0.05, 0.1) is 12.1 Å².